The van der Waals surface area contributed by atoms with E-state index in [0.717, 1.165) is 11.1 Å². The van der Waals surface area contributed by atoms with Crippen LogP contribution in [-0.2, 0) is 13.1 Å². The number of hydrogen-bond acceptors (Lipinski definition) is 4. The summed E-state index contributed by atoms with van der Waals surface area (Å²) in [7, 11) is 0. The minimum Gasteiger partial charge on any atom is -0.484 e. The van der Waals surface area contributed by atoms with E-state index in [-0.39, 0.29) is 10.8 Å². The molecule has 9 heteroatoms. The zero-order valence-corrected chi connectivity index (χ0v) is 15.9. The quantitative estimate of drug-likeness (QED) is 0.608. The fourth-order valence-corrected chi connectivity index (χ4v) is 2.74. The average Bonchev–Trinajstić information content (AvgIpc) is 2.70. The molecule has 0 spiro atoms. The molecule has 0 saturated carbocycles. The molecule has 0 unspecified atom stereocenters. The molecule has 0 aliphatic carbocycles. The second-order valence-electron chi connectivity index (χ2n) is 6.22. The number of hydrogen-bond donors (Lipinski definition) is 1. The molecule has 0 radical (unpaired) electrons. The number of aromatic nitrogens is 2. The maximum absolute atomic E-state index is 12.4. The molecule has 5 nitrogen and oxygen atoms in total. The molecule has 3 aromatic rings. The Bertz CT molecular complexity index is 1010. The van der Waals surface area contributed by atoms with Gasteiger partial charge in [0.25, 0.3) is 5.56 Å². The summed E-state index contributed by atoms with van der Waals surface area (Å²) in [6.45, 7) is -0.729. The van der Waals surface area contributed by atoms with Crippen LogP contribution in [0.4, 0.5) is 18.9 Å². The molecular formula is C20H17ClF3N3O2. The second-order valence-corrected chi connectivity index (χ2v) is 6.60. The van der Waals surface area contributed by atoms with E-state index < -0.39 is 18.3 Å². The van der Waals surface area contributed by atoms with Crippen molar-refractivity contribution in [1.82, 2.24) is 9.78 Å². The molecule has 0 amide bonds. The highest BCUT2D eigenvalue weighted by Gasteiger charge is 2.28. The van der Waals surface area contributed by atoms with E-state index >= 15 is 0 Å². The highest BCUT2D eigenvalue weighted by Crippen LogP contribution is 2.20. The van der Waals surface area contributed by atoms with Gasteiger partial charge < -0.3 is 10.1 Å². The second kappa shape index (κ2) is 9.00. The maximum Gasteiger partial charge on any atom is 0.422 e. The number of halogens is 4. The van der Waals surface area contributed by atoms with E-state index in [1.165, 1.54) is 23.0 Å². The number of anilines is 1. The molecule has 2 aromatic carbocycles. The van der Waals surface area contributed by atoms with Gasteiger partial charge >= 0.3 is 6.18 Å². The van der Waals surface area contributed by atoms with Crippen LogP contribution in [0.5, 0.6) is 5.75 Å². The van der Waals surface area contributed by atoms with Crippen LogP contribution in [0, 0.1) is 0 Å². The Kier molecular flexibility index (Phi) is 6.43. The van der Waals surface area contributed by atoms with Gasteiger partial charge in [-0.25, -0.2) is 4.68 Å². The lowest BCUT2D eigenvalue weighted by Gasteiger charge is -2.12. The van der Waals surface area contributed by atoms with Crippen molar-refractivity contribution in [2.24, 2.45) is 0 Å². The van der Waals surface area contributed by atoms with E-state index in [0.29, 0.717) is 18.8 Å². The van der Waals surface area contributed by atoms with Gasteiger partial charge in [-0.3, -0.25) is 4.79 Å². The lowest BCUT2D eigenvalue weighted by Crippen LogP contribution is -2.24. The Morgan fingerprint density at radius 1 is 1.03 bits per heavy atom. The van der Waals surface area contributed by atoms with Crippen LogP contribution >= 0.6 is 11.6 Å². The van der Waals surface area contributed by atoms with E-state index in [1.807, 2.05) is 30.3 Å². The van der Waals surface area contributed by atoms with Crippen LogP contribution in [0.1, 0.15) is 11.1 Å². The first kappa shape index (κ1) is 20.7. The molecule has 1 heterocycles. The Morgan fingerprint density at radius 2 is 1.72 bits per heavy atom. The number of ether oxygens (including phenoxy) is 1. The zero-order chi connectivity index (χ0) is 20.9. The molecule has 0 fully saturated rings. The van der Waals surface area contributed by atoms with Gasteiger partial charge in [-0.1, -0.05) is 54.1 Å². The summed E-state index contributed by atoms with van der Waals surface area (Å²) < 4.78 is 42.4. The normalized spacial score (nSPS) is 11.3. The Hall–Kier alpha value is -3.00. The topological polar surface area (TPSA) is 56.1 Å². The third kappa shape index (κ3) is 5.99. The first-order valence-corrected chi connectivity index (χ1v) is 9.01. The van der Waals surface area contributed by atoms with Gasteiger partial charge in [-0.05, 0) is 23.3 Å². The fraction of sp³-hybridized carbons (Fsp3) is 0.200. The summed E-state index contributed by atoms with van der Waals surface area (Å²) in [5, 5.41) is 7.16. The monoisotopic (exact) mass is 423 g/mol. The highest BCUT2D eigenvalue weighted by molar-refractivity contribution is 6.32. The van der Waals surface area contributed by atoms with Crippen molar-refractivity contribution in [2.45, 2.75) is 19.3 Å². The van der Waals surface area contributed by atoms with Crippen LogP contribution in [0.15, 0.2) is 65.6 Å². The largest absolute Gasteiger partial charge is 0.484 e. The lowest BCUT2D eigenvalue weighted by molar-refractivity contribution is -0.153. The first-order chi connectivity index (χ1) is 13.8. The molecule has 152 valence electrons. The van der Waals surface area contributed by atoms with Crippen LogP contribution in [0.25, 0.3) is 0 Å². The number of nitrogens with zero attached hydrogens (tertiary/aromatic N) is 2. The van der Waals surface area contributed by atoms with Crippen LogP contribution < -0.4 is 15.6 Å². The van der Waals surface area contributed by atoms with Gasteiger partial charge in [-0.2, -0.15) is 18.3 Å². The number of nitrogens with one attached hydrogen (secondary N) is 1. The molecule has 0 aliphatic rings. The maximum atomic E-state index is 12.4. The van der Waals surface area contributed by atoms with E-state index in [1.54, 1.807) is 12.1 Å². The molecule has 0 bridgehead atoms. The standard InChI is InChI=1S/C20H17ClF3N3O2/c21-18-17(11-26-27(19(18)28)12-15-4-2-1-3-5-15)25-10-14-6-8-16(9-7-14)29-13-20(22,23)24/h1-9,11,25H,10,12-13H2. The first-order valence-electron chi connectivity index (χ1n) is 8.64. The van der Waals surface area contributed by atoms with Gasteiger partial charge in [0, 0.05) is 6.54 Å². The summed E-state index contributed by atoms with van der Waals surface area (Å²) in [5.41, 5.74) is 1.65. The predicted molar refractivity (Wildman–Crippen MR) is 104 cm³/mol. The Labute approximate surface area is 169 Å². The highest BCUT2D eigenvalue weighted by atomic mass is 35.5. The zero-order valence-electron chi connectivity index (χ0n) is 15.1. The van der Waals surface area contributed by atoms with Crippen molar-refractivity contribution in [3.05, 3.63) is 87.3 Å². The van der Waals surface area contributed by atoms with Gasteiger partial charge in [0.2, 0.25) is 0 Å². The van der Waals surface area contributed by atoms with E-state index in [2.05, 4.69) is 15.2 Å². The van der Waals surface area contributed by atoms with Crippen molar-refractivity contribution >= 4 is 17.3 Å². The number of rotatable bonds is 7. The average molecular weight is 424 g/mol. The van der Waals surface area contributed by atoms with Crippen LogP contribution in [0.2, 0.25) is 5.02 Å². The number of alkyl halides is 3. The number of benzene rings is 2. The molecular weight excluding hydrogens is 407 g/mol. The molecule has 0 saturated heterocycles. The SMILES string of the molecule is O=c1c(Cl)c(NCc2ccc(OCC(F)(F)F)cc2)cnn1Cc1ccccc1. The van der Waals surface area contributed by atoms with Crippen molar-refractivity contribution in [1.29, 1.82) is 0 Å². The van der Waals surface area contributed by atoms with Crippen molar-refractivity contribution < 1.29 is 17.9 Å². The van der Waals surface area contributed by atoms with E-state index in [4.69, 9.17) is 11.6 Å². The molecule has 1 aromatic heterocycles. The third-order valence-corrected chi connectivity index (χ3v) is 4.33. The third-order valence-electron chi connectivity index (χ3n) is 3.97. The van der Waals surface area contributed by atoms with E-state index in [9.17, 15) is 18.0 Å². The summed E-state index contributed by atoms with van der Waals surface area (Å²) in [4.78, 5) is 12.4. The fourth-order valence-electron chi connectivity index (χ4n) is 2.52. The molecule has 29 heavy (non-hydrogen) atoms. The van der Waals surface area contributed by atoms with Gasteiger partial charge in [0.15, 0.2) is 6.61 Å². The molecule has 0 aliphatic heterocycles. The summed E-state index contributed by atoms with van der Waals surface area (Å²) in [5.74, 6) is 0.120. The Balaban J connectivity index is 1.62. The minimum absolute atomic E-state index is 0.0149. The molecule has 0 atom stereocenters. The smallest absolute Gasteiger partial charge is 0.422 e. The van der Waals surface area contributed by atoms with Crippen molar-refractivity contribution in [3.8, 4) is 5.75 Å². The van der Waals surface area contributed by atoms with Crippen molar-refractivity contribution in [3.63, 3.8) is 0 Å². The van der Waals surface area contributed by atoms with Gasteiger partial charge in [0.05, 0.1) is 18.4 Å². The predicted octanol–water partition coefficient (Wildman–Crippen LogP) is 4.50. The van der Waals surface area contributed by atoms with Gasteiger partial charge in [-0.15, -0.1) is 0 Å². The van der Waals surface area contributed by atoms with Crippen molar-refractivity contribution in [2.75, 3.05) is 11.9 Å². The summed E-state index contributed by atoms with van der Waals surface area (Å²) in [6.07, 6.45) is -2.92. The van der Waals surface area contributed by atoms with Crippen LogP contribution in [-0.4, -0.2) is 22.6 Å². The lowest BCUT2D eigenvalue weighted by atomic mass is 10.2. The minimum atomic E-state index is -4.38. The summed E-state index contributed by atoms with van der Waals surface area (Å²) in [6, 6.07) is 15.5. The molecule has 1 N–H and O–H groups in total. The Morgan fingerprint density at radius 3 is 2.38 bits per heavy atom. The van der Waals surface area contributed by atoms with Crippen LogP contribution in [0.3, 0.4) is 0 Å². The molecule has 3 rings (SSSR count). The van der Waals surface area contributed by atoms with Gasteiger partial charge in [0.1, 0.15) is 10.8 Å². The summed E-state index contributed by atoms with van der Waals surface area (Å²) >= 11 is 6.18.